The van der Waals surface area contributed by atoms with E-state index in [2.05, 4.69) is 36.5 Å². The third-order valence-electron chi connectivity index (χ3n) is 3.29. The van der Waals surface area contributed by atoms with E-state index in [0.717, 1.165) is 12.2 Å². The standard InChI is InChI=1S/C15H20N4S/c1-4-19-12(3)14(10-16-19)11(2)17-15(20)18-13-8-6-5-7-9-13/h5-11H,4H2,1-3H3,(H2,17,18,20). The number of rotatable bonds is 4. The molecule has 5 heteroatoms. The molecule has 0 saturated heterocycles. The molecule has 0 spiro atoms. The second kappa shape index (κ2) is 6.52. The third kappa shape index (κ3) is 3.36. The van der Waals surface area contributed by atoms with E-state index in [4.69, 9.17) is 12.2 Å². The van der Waals surface area contributed by atoms with Gasteiger partial charge in [0.1, 0.15) is 0 Å². The van der Waals surface area contributed by atoms with Crippen LogP contribution < -0.4 is 10.6 Å². The Kier molecular flexibility index (Phi) is 4.74. The SMILES string of the molecule is CCn1ncc(C(C)NC(=S)Nc2ccccc2)c1C. The second-order valence-corrected chi connectivity index (χ2v) is 5.10. The first-order valence-corrected chi connectivity index (χ1v) is 7.17. The van der Waals surface area contributed by atoms with E-state index >= 15 is 0 Å². The van der Waals surface area contributed by atoms with E-state index in [-0.39, 0.29) is 6.04 Å². The van der Waals surface area contributed by atoms with Crippen LogP contribution in [0.3, 0.4) is 0 Å². The molecule has 0 bridgehead atoms. The first-order chi connectivity index (χ1) is 9.61. The number of aromatic nitrogens is 2. The predicted octanol–water partition coefficient (Wildman–Crippen LogP) is 3.26. The van der Waals surface area contributed by atoms with Gasteiger partial charge in [0.15, 0.2) is 5.11 Å². The Labute approximate surface area is 125 Å². The van der Waals surface area contributed by atoms with Crippen molar-refractivity contribution in [1.82, 2.24) is 15.1 Å². The van der Waals surface area contributed by atoms with Crippen LogP contribution >= 0.6 is 12.2 Å². The molecule has 0 saturated carbocycles. The topological polar surface area (TPSA) is 41.9 Å². The van der Waals surface area contributed by atoms with E-state index in [9.17, 15) is 0 Å². The summed E-state index contributed by atoms with van der Waals surface area (Å²) in [6.45, 7) is 7.13. The summed E-state index contributed by atoms with van der Waals surface area (Å²) < 4.78 is 1.99. The van der Waals surface area contributed by atoms with Crippen LogP contribution in [0.4, 0.5) is 5.69 Å². The van der Waals surface area contributed by atoms with Crippen LogP contribution in [0.25, 0.3) is 0 Å². The highest BCUT2D eigenvalue weighted by molar-refractivity contribution is 7.80. The van der Waals surface area contributed by atoms with Gasteiger partial charge in [-0.3, -0.25) is 4.68 Å². The molecule has 2 rings (SSSR count). The molecule has 0 aliphatic rings. The fourth-order valence-electron chi connectivity index (χ4n) is 2.17. The fraction of sp³-hybridized carbons (Fsp3) is 0.333. The molecule has 2 N–H and O–H groups in total. The first-order valence-electron chi connectivity index (χ1n) is 6.76. The summed E-state index contributed by atoms with van der Waals surface area (Å²) in [5, 5.41) is 11.4. The lowest BCUT2D eigenvalue weighted by atomic mass is 10.1. The summed E-state index contributed by atoms with van der Waals surface area (Å²) in [6, 6.07) is 10.0. The van der Waals surface area contributed by atoms with Crippen molar-refractivity contribution in [3.63, 3.8) is 0 Å². The molecule has 0 aliphatic heterocycles. The number of hydrogen-bond acceptors (Lipinski definition) is 2. The lowest BCUT2D eigenvalue weighted by Gasteiger charge is -2.17. The minimum absolute atomic E-state index is 0.124. The molecule has 2 aromatic rings. The maximum absolute atomic E-state index is 5.34. The van der Waals surface area contributed by atoms with Gasteiger partial charge in [0.25, 0.3) is 0 Å². The van der Waals surface area contributed by atoms with E-state index in [1.165, 1.54) is 11.3 Å². The van der Waals surface area contributed by atoms with Gasteiger partial charge in [-0.15, -0.1) is 0 Å². The number of nitrogens with zero attached hydrogens (tertiary/aromatic N) is 2. The van der Waals surface area contributed by atoms with Crippen LogP contribution in [0.15, 0.2) is 36.5 Å². The molecular weight excluding hydrogens is 268 g/mol. The highest BCUT2D eigenvalue weighted by Crippen LogP contribution is 2.17. The molecule has 1 unspecified atom stereocenters. The van der Waals surface area contributed by atoms with Crippen LogP contribution in [0.5, 0.6) is 0 Å². The fourth-order valence-corrected chi connectivity index (χ4v) is 2.46. The van der Waals surface area contributed by atoms with Crippen molar-refractivity contribution >= 4 is 23.0 Å². The number of para-hydroxylation sites is 1. The Morgan fingerprint density at radius 3 is 2.65 bits per heavy atom. The van der Waals surface area contributed by atoms with Gasteiger partial charge in [0, 0.05) is 23.5 Å². The van der Waals surface area contributed by atoms with Gasteiger partial charge in [0.05, 0.1) is 12.2 Å². The summed E-state index contributed by atoms with van der Waals surface area (Å²) in [5.41, 5.74) is 3.33. The number of thiocarbonyl (C=S) groups is 1. The lowest BCUT2D eigenvalue weighted by Crippen LogP contribution is -2.31. The van der Waals surface area contributed by atoms with Gasteiger partial charge in [0.2, 0.25) is 0 Å². The van der Waals surface area contributed by atoms with Crippen molar-refractivity contribution in [2.24, 2.45) is 0 Å². The number of anilines is 1. The number of benzene rings is 1. The summed E-state index contributed by atoms with van der Waals surface area (Å²) in [7, 11) is 0. The van der Waals surface area contributed by atoms with Gasteiger partial charge in [-0.1, -0.05) is 18.2 Å². The maximum atomic E-state index is 5.34. The van der Waals surface area contributed by atoms with Crippen LogP contribution in [0, 0.1) is 6.92 Å². The Balaban J connectivity index is 1.98. The van der Waals surface area contributed by atoms with Gasteiger partial charge in [-0.25, -0.2) is 0 Å². The van der Waals surface area contributed by atoms with E-state index in [1.54, 1.807) is 0 Å². The zero-order valence-corrected chi connectivity index (χ0v) is 12.9. The molecule has 1 atom stereocenters. The van der Waals surface area contributed by atoms with Crippen molar-refractivity contribution in [2.75, 3.05) is 5.32 Å². The monoisotopic (exact) mass is 288 g/mol. The van der Waals surface area contributed by atoms with E-state index in [0.29, 0.717) is 5.11 Å². The minimum atomic E-state index is 0.124. The van der Waals surface area contributed by atoms with Gasteiger partial charge in [-0.05, 0) is 45.1 Å². The molecule has 0 amide bonds. The number of hydrogen-bond donors (Lipinski definition) is 2. The zero-order valence-electron chi connectivity index (χ0n) is 12.1. The molecular formula is C15H20N4S. The average molecular weight is 288 g/mol. The second-order valence-electron chi connectivity index (χ2n) is 4.69. The summed E-state index contributed by atoms with van der Waals surface area (Å²) >= 11 is 5.34. The largest absolute Gasteiger partial charge is 0.356 e. The smallest absolute Gasteiger partial charge is 0.171 e. The third-order valence-corrected chi connectivity index (χ3v) is 3.51. The summed E-state index contributed by atoms with van der Waals surface area (Å²) in [4.78, 5) is 0. The van der Waals surface area contributed by atoms with Crippen molar-refractivity contribution < 1.29 is 0 Å². The van der Waals surface area contributed by atoms with Gasteiger partial charge >= 0.3 is 0 Å². The Bertz CT molecular complexity index is 577. The number of aryl methyl sites for hydroxylation is 1. The minimum Gasteiger partial charge on any atom is -0.356 e. The molecule has 1 heterocycles. The molecule has 0 radical (unpaired) electrons. The summed E-state index contributed by atoms with van der Waals surface area (Å²) in [6.07, 6.45) is 1.90. The highest BCUT2D eigenvalue weighted by Gasteiger charge is 2.13. The van der Waals surface area contributed by atoms with Crippen LogP contribution in [-0.4, -0.2) is 14.9 Å². The molecule has 20 heavy (non-hydrogen) atoms. The first kappa shape index (κ1) is 14.5. The average Bonchev–Trinajstić information content (AvgIpc) is 2.80. The van der Waals surface area contributed by atoms with Crippen molar-refractivity contribution in [3.05, 3.63) is 47.8 Å². The Hall–Kier alpha value is -1.88. The highest BCUT2D eigenvalue weighted by atomic mass is 32.1. The van der Waals surface area contributed by atoms with E-state index < -0.39 is 0 Å². The predicted molar refractivity (Wildman–Crippen MR) is 86.9 cm³/mol. The maximum Gasteiger partial charge on any atom is 0.171 e. The van der Waals surface area contributed by atoms with Crippen molar-refractivity contribution in [2.45, 2.75) is 33.4 Å². The molecule has 4 nitrogen and oxygen atoms in total. The normalized spacial score (nSPS) is 11.9. The zero-order chi connectivity index (χ0) is 14.5. The van der Waals surface area contributed by atoms with Gasteiger partial charge < -0.3 is 10.6 Å². The molecule has 1 aromatic carbocycles. The number of nitrogens with one attached hydrogen (secondary N) is 2. The Morgan fingerprint density at radius 2 is 2.05 bits per heavy atom. The molecule has 1 aromatic heterocycles. The van der Waals surface area contributed by atoms with Gasteiger partial charge in [-0.2, -0.15) is 5.10 Å². The quantitative estimate of drug-likeness (QED) is 0.847. The molecule has 0 aliphatic carbocycles. The summed E-state index contributed by atoms with van der Waals surface area (Å²) in [5.74, 6) is 0. The molecule has 106 valence electrons. The Morgan fingerprint density at radius 1 is 1.35 bits per heavy atom. The van der Waals surface area contributed by atoms with Crippen LogP contribution in [0.1, 0.15) is 31.1 Å². The van der Waals surface area contributed by atoms with E-state index in [1.807, 2.05) is 41.2 Å². The lowest BCUT2D eigenvalue weighted by molar-refractivity contribution is 0.633. The van der Waals surface area contributed by atoms with Crippen LogP contribution in [-0.2, 0) is 6.54 Å². The van der Waals surface area contributed by atoms with Crippen molar-refractivity contribution in [1.29, 1.82) is 0 Å². The molecule has 0 fully saturated rings. The van der Waals surface area contributed by atoms with Crippen LogP contribution in [0.2, 0.25) is 0 Å². The van der Waals surface area contributed by atoms with Crippen molar-refractivity contribution in [3.8, 4) is 0 Å².